The predicted octanol–water partition coefficient (Wildman–Crippen LogP) is 2.55. The van der Waals surface area contributed by atoms with Gasteiger partial charge >= 0.3 is 0 Å². The van der Waals surface area contributed by atoms with Crippen LogP contribution in [0.1, 0.15) is 37.7 Å². The third-order valence-electron chi connectivity index (χ3n) is 2.93. The molecule has 0 radical (unpaired) electrons. The number of aromatic nitrogens is 1. The van der Waals surface area contributed by atoms with Crippen molar-refractivity contribution in [2.75, 3.05) is 32.1 Å². The topological polar surface area (TPSA) is 60.2 Å². The van der Waals surface area contributed by atoms with E-state index >= 15 is 0 Å². The smallest absolute Gasteiger partial charge is 0.272 e. The second-order valence-electron chi connectivity index (χ2n) is 6.49. The summed E-state index contributed by atoms with van der Waals surface area (Å²) in [7, 11) is 3.86. The summed E-state index contributed by atoms with van der Waals surface area (Å²) in [4.78, 5) is 20.4. The molecule has 5 heteroatoms. The molecule has 0 saturated carbocycles. The lowest BCUT2D eigenvalue weighted by Gasteiger charge is -2.29. The lowest BCUT2D eigenvalue weighted by Crippen LogP contribution is -2.38. The average Bonchev–Trinajstić information content (AvgIpc) is 2.41. The summed E-state index contributed by atoms with van der Waals surface area (Å²) in [6.45, 7) is 7.25. The van der Waals surface area contributed by atoms with Gasteiger partial charge in [0.1, 0.15) is 5.69 Å². The summed E-state index contributed by atoms with van der Waals surface area (Å²) in [5, 5.41) is 8.75. The van der Waals surface area contributed by atoms with Crippen molar-refractivity contribution in [2.24, 2.45) is 5.41 Å². The van der Waals surface area contributed by atoms with Gasteiger partial charge in [0.25, 0.3) is 5.91 Å². The lowest BCUT2D eigenvalue weighted by molar-refractivity contribution is 0.0694. The molecule has 0 aliphatic heterocycles. The summed E-state index contributed by atoms with van der Waals surface area (Å²) < 4.78 is 0. The maximum Gasteiger partial charge on any atom is 0.272 e. The zero-order valence-corrected chi connectivity index (χ0v) is 13.6. The lowest BCUT2D eigenvalue weighted by atomic mass is 9.96. The van der Waals surface area contributed by atoms with Crippen LogP contribution in [0.3, 0.4) is 0 Å². The Labute approximate surface area is 127 Å². The fourth-order valence-electron chi connectivity index (χ4n) is 1.95. The fraction of sp³-hybridized carbons (Fsp3) is 0.562. The van der Waals surface area contributed by atoms with Crippen molar-refractivity contribution < 1.29 is 4.79 Å². The second kappa shape index (κ2) is 7.07. The molecule has 0 bridgehead atoms. The number of rotatable bonds is 5. The Bertz CT molecular complexity index is 509. The van der Waals surface area contributed by atoms with Crippen molar-refractivity contribution >= 4 is 11.6 Å². The normalized spacial score (nSPS) is 10.9. The van der Waals surface area contributed by atoms with Gasteiger partial charge in [-0.2, -0.15) is 5.26 Å². The van der Waals surface area contributed by atoms with E-state index in [1.165, 1.54) is 0 Å². The first-order valence-electron chi connectivity index (χ1n) is 7.04. The average molecular weight is 288 g/mol. The number of nitriles is 1. The largest absolute Gasteiger partial charge is 0.376 e. The van der Waals surface area contributed by atoms with Crippen molar-refractivity contribution in [3.05, 3.63) is 24.0 Å². The number of carbonyl (C=O) groups is 1. The molecule has 0 N–H and O–H groups in total. The van der Waals surface area contributed by atoms with Gasteiger partial charge in [-0.15, -0.1) is 0 Å². The molecule has 1 aromatic heterocycles. The van der Waals surface area contributed by atoms with Crippen LogP contribution in [0.15, 0.2) is 18.3 Å². The molecule has 0 aliphatic carbocycles. The van der Waals surface area contributed by atoms with E-state index in [2.05, 4.69) is 31.8 Å². The summed E-state index contributed by atoms with van der Waals surface area (Å²) in [6, 6.07) is 5.70. The van der Waals surface area contributed by atoms with E-state index in [0.29, 0.717) is 25.2 Å². The molecule has 0 unspecified atom stereocenters. The van der Waals surface area contributed by atoms with Crippen LogP contribution in [-0.2, 0) is 0 Å². The molecule has 21 heavy (non-hydrogen) atoms. The van der Waals surface area contributed by atoms with Gasteiger partial charge in [0.15, 0.2) is 0 Å². The van der Waals surface area contributed by atoms with Gasteiger partial charge in [-0.05, 0) is 17.5 Å². The fourth-order valence-corrected chi connectivity index (χ4v) is 1.95. The Hall–Kier alpha value is -2.09. The second-order valence-corrected chi connectivity index (χ2v) is 6.49. The standard InChI is InChI=1S/C16H24N4O/c1-16(2,3)12-20(10-6-9-17)15(21)14-8-7-13(11-18-14)19(4)5/h7-8,11H,6,10,12H2,1-5H3. The van der Waals surface area contributed by atoms with Crippen molar-refractivity contribution in [2.45, 2.75) is 27.2 Å². The quantitative estimate of drug-likeness (QED) is 0.835. The van der Waals surface area contributed by atoms with Gasteiger partial charge in [-0.3, -0.25) is 4.79 Å². The molecule has 1 amide bonds. The van der Waals surface area contributed by atoms with Crippen molar-refractivity contribution in [3.8, 4) is 6.07 Å². The van der Waals surface area contributed by atoms with E-state index in [9.17, 15) is 4.79 Å². The van der Waals surface area contributed by atoms with Crippen LogP contribution in [-0.4, -0.2) is 43.0 Å². The van der Waals surface area contributed by atoms with E-state index in [1.54, 1.807) is 17.2 Å². The van der Waals surface area contributed by atoms with Gasteiger partial charge in [0.2, 0.25) is 0 Å². The Kier molecular flexibility index (Phi) is 5.71. The van der Waals surface area contributed by atoms with E-state index < -0.39 is 0 Å². The van der Waals surface area contributed by atoms with Crippen molar-refractivity contribution in [1.82, 2.24) is 9.88 Å². The minimum atomic E-state index is -0.120. The minimum Gasteiger partial charge on any atom is -0.376 e. The number of hydrogen-bond donors (Lipinski definition) is 0. The first kappa shape index (κ1) is 17.0. The van der Waals surface area contributed by atoms with E-state index in [1.807, 2.05) is 25.1 Å². The summed E-state index contributed by atoms with van der Waals surface area (Å²) in [5.41, 5.74) is 1.35. The molecule has 114 valence electrons. The minimum absolute atomic E-state index is 0.0192. The summed E-state index contributed by atoms with van der Waals surface area (Å²) in [5.74, 6) is -0.120. The molecule has 0 fully saturated rings. The third-order valence-corrected chi connectivity index (χ3v) is 2.93. The van der Waals surface area contributed by atoms with E-state index in [4.69, 9.17) is 5.26 Å². The molecule has 0 saturated heterocycles. The monoisotopic (exact) mass is 288 g/mol. The van der Waals surface area contributed by atoms with Gasteiger partial charge < -0.3 is 9.80 Å². The zero-order valence-electron chi connectivity index (χ0n) is 13.6. The highest BCUT2D eigenvalue weighted by Gasteiger charge is 2.22. The van der Waals surface area contributed by atoms with Crippen LogP contribution < -0.4 is 4.90 Å². The Balaban J connectivity index is 2.91. The number of nitrogens with zero attached hydrogens (tertiary/aromatic N) is 4. The van der Waals surface area contributed by atoms with Gasteiger partial charge in [-0.25, -0.2) is 4.98 Å². The molecule has 0 aromatic carbocycles. The third kappa shape index (κ3) is 5.42. The van der Waals surface area contributed by atoms with E-state index in [0.717, 1.165) is 5.69 Å². The molecule has 1 aromatic rings. The Morgan fingerprint density at radius 1 is 1.33 bits per heavy atom. The van der Waals surface area contributed by atoms with Crippen LogP contribution in [0.2, 0.25) is 0 Å². The number of hydrogen-bond acceptors (Lipinski definition) is 4. The molecule has 1 heterocycles. The first-order valence-corrected chi connectivity index (χ1v) is 7.04. The number of pyridine rings is 1. The van der Waals surface area contributed by atoms with E-state index in [-0.39, 0.29) is 11.3 Å². The number of anilines is 1. The van der Waals surface area contributed by atoms with Crippen LogP contribution in [0, 0.1) is 16.7 Å². The SMILES string of the molecule is CN(C)c1ccc(C(=O)N(CCC#N)CC(C)(C)C)nc1. The zero-order chi connectivity index (χ0) is 16.0. The number of amides is 1. The van der Waals surface area contributed by atoms with Gasteiger partial charge in [-0.1, -0.05) is 20.8 Å². The van der Waals surface area contributed by atoms with Crippen LogP contribution in [0.5, 0.6) is 0 Å². The highest BCUT2D eigenvalue weighted by molar-refractivity contribution is 5.92. The van der Waals surface area contributed by atoms with Crippen LogP contribution in [0.4, 0.5) is 5.69 Å². The number of carbonyl (C=O) groups excluding carboxylic acids is 1. The highest BCUT2D eigenvalue weighted by Crippen LogP contribution is 2.18. The maximum atomic E-state index is 12.5. The molecule has 0 spiro atoms. The van der Waals surface area contributed by atoms with Crippen molar-refractivity contribution in [1.29, 1.82) is 5.26 Å². The maximum absolute atomic E-state index is 12.5. The predicted molar refractivity (Wildman–Crippen MR) is 84.2 cm³/mol. The molecule has 0 aliphatic rings. The first-order chi connectivity index (χ1) is 9.74. The Morgan fingerprint density at radius 3 is 2.43 bits per heavy atom. The molecular formula is C16H24N4O. The van der Waals surface area contributed by atoms with Gasteiger partial charge in [0, 0.05) is 27.2 Å². The molecule has 0 atom stereocenters. The summed E-state index contributed by atoms with van der Waals surface area (Å²) >= 11 is 0. The highest BCUT2D eigenvalue weighted by atomic mass is 16.2. The molecule has 5 nitrogen and oxygen atoms in total. The molecule has 1 rings (SSSR count). The Morgan fingerprint density at radius 2 is 2.00 bits per heavy atom. The molecular weight excluding hydrogens is 264 g/mol. The van der Waals surface area contributed by atoms with Crippen molar-refractivity contribution in [3.63, 3.8) is 0 Å². The van der Waals surface area contributed by atoms with Crippen LogP contribution >= 0.6 is 0 Å². The summed E-state index contributed by atoms with van der Waals surface area (Å²) in [6.07, 6.45) is 2.02. The van der Waals surface area contributed by atoms with Gasteiger partial charge in [0.05, 0.1) is 24.4 Å². The van der Waals surface area contributed by atoms with Crippen LogP contribution in [0.25, 0.3) is 0 Å².